The number of hydrogen-bond acceptors (Lipinski definition) is 13. The molecule has 8 rings (SSSR count). The second-order valence-corrected chi connectivity index (χ2v) is 31.0. The maximum absolute atomic E-state index is 15.9. The maximum Gasteiger partial charge on any atom is 0.417 e. The van der Waals surface area contributed by atoms with Crippen molar-refractivity contribution in [2.24, 2.45) is 23.7 Å². The molecule has 1 spiro atoms. The van der Waals surface area contributed by atoms with Crippen molar-refractivity contribution in [3.8, 4) is 0 Å². The number of hydrogen-bond donors (Lipinski definition) is 3. The highest BCUT2D eigenvalue weighted by atomic mass is 35.5. The van der Waals surface area contributed by atoms with Crippen LogP contribution in [0.15, 0.2) is 18.2 Å². The molecule has 4 saturated heterocycles. The van der Waals surface area contributed by atoms with Gasteiger partial charge in [0.15, 0.2) is 0 Å². The quantitative estimate of drug-likeness (QED) is 0.250. The first kappa shape index (κ1) is 80.6. The van der Waals surface area contributed by atoms with Gasteiger partial charge in [-0.1, -0.05) is 103 Å². The Labute approximate surface area is 603 Å². The van der Waals surface area contributed by atoms with Crippen molar-refractivity contribution < 1.29 is 75.4 Å². The lowest BCUT2D eigenvalue weighted by Gasteiger charge is -2.47. The third-order valence-corrected chi connectivity index (χ3v) is 23.2. The Morgan fingerprint density at radius 2 is 1.25 bits per heavy atom. The van der Waals surface area contributed by atoms with Gasteiger partial charge >= 0.3 is 6.18 Å². The third-order valence-electron chi connectivity index (χ3n) is 22.9. The second-order valence-electron chi connectivity index (χ2n) is 30.6. The van der Waals surface area contributed by atoms with Crippen LogP contribution in [0.2, 0.25) is 5.02 Å². The molecule has 10 atom stereocenters. The Bertz CT molecular complexity index is 3220. The molecular weight excluding hydrogens is 1350 g/mol. The number of carbonyl (C=O) groups is 12. The van der Waals surface area contributed by atoms with Crippen LogP contribution < -0.4 is 16.0 Å². The molecule has 568 valence electrons. The van der Waals surface area contributed by atoms with Gasteiger partial charge in [0.25, 0.3) is 0 Å². The minimum absolute atomic E-state index is 0.0170. The smallest absolute Gasteiger partial charge is 0.377 e. The standard InChI is InChI=1S/C73H110ClF3N12O13/c1-12-45(4)62-69(99)83(7)40-60(92)81(5)41-61(93)85(9)56(37-46-21-15-13-16-22-46)67(97)82(6)39-58(90)78-53(31-27-47-26-30-51(52(74)36-47)73(75,76)77)66(96)88-34-19-25-54(88)65(95)80-72(32-20-33-72)71(101)87(11)63(48-23-17-14-18-24-48)70(100)86(10)57(68(98)89-49-28-29-50(89)43-102-42-49)38-59(91)84(8)55(35-44(2)3)64(94)79-62/h26,30,36,44-46,48-50,53-57,62-63H,12-25,27-29,31-35,37-43H2,1-11H3,(H,78,90)(H,79,94)(H,80,95)/t45-,49?,50?,53-,54?,55-,56-,57-,62-,63-/m0/s1. The van der Waals surface area contributed by atoms with Crippen molar-refractivity contribution in [1.29, 1.82) is 0 Å². The van der Waals surface area contributed by atoms with Crippen molar-refractivity contribution in [3.05, 3.63) is 34.3 Å². The van der Waals surface area contributed by atoms with Gasteiger partial charge < -0.3 is 64.8 Å². The summed E-state index contributed by atoms with van der Waals surface area (Å²) in [5.74, 6) is -8.85. The zero-order valence-corrected chi connectivity index (χ0v) is 62.3. The average Bonchev–Trinajstić information content (AvgIpc) is 1.05. The Morgan fingerprint density at radius 1 is 0.647 bits per heavy atom. The first-order chi connectivity index (χ1) is 48.2. The number of alkyl halides is 3. The Kier molecular flexibility index (Phi) is 27.7. The normalized spacial score (nSPS) is 28.4. The molecule has 7 fully saturated rings. The van der Waals surface area contributed by atoms with Crippen molar-refractivity contribution in [1.82, 2.24) is 60.0 Å². The molecule has 3 N–H and O–H groups in total. The van der Waals surface area contributed by atoms with Gasteiger partial charge in [-0.25, -0.2) is 0 Å². The highest BCUT2D eigenvalue weighted by Gasteiger charge is 2.54. The number of rotatable bonds is 11. The largest absolute Gasteiger partial charge is 0.417 e. The number of nitrogens with one attached hydrogen (secondary N) is 3. The van der Waals surface area contributed by atoms with Crippen LogP contribution in [0.1, 0.15) is 180 Å². The predicted molar refractivity (Wildman–Crippen MR) is 373 cm³/mol. The van der Waals surface area contributed by atoms with Gasteiger partial charge in [0.05, 0.1) is 61.9 Å². The molecule has 7 aliphatic rings. The van der Waals surface area contributed by atoms with Crippen LogP contribution in [-0.2, 0) is 74.9 Å². The zero-order chi connectivity index (χ0) is 74.8. The van der Waals surface area contributed by atoms with E-state index in [1.807, 2.05) is 20.8 Å². The van der Waals surface area contributed by atoms with Crippen LogP contribution in [0, 0.1) is 23.7 Å². The minimum atomic E-state index is -4.76. The Hall–Kier alpha value is -7.10. The lowest BCUT2D eigenvalue weighted by atomic mass is 9.74. The van der Waals surface area contributed by atoms with Gasteiger partial charge in [0.1, 0.15) is 47.8 Å². The minimum Gasteiger partial charge on any atom is -0.377 e. The van der Waals surface area contributed by atoms with Gasteiger partial charge in [-0.2, -0.15) is 13.2 Å². The number of ether oxygens (including phenoxy) is 1. The van der Waals surface area contributed by atoms with Crippen molar-refractivity contribution in [2.45, 2.75) is 241 Å². The van der Waals surface area contributed by atoms with Gasteiger partial charge in [-0.3, -0.25) is 57.5 Å². The molecular formula is C73H110ClF3N12O13. The fraction of sp³-hybridized carbons (Fsp3) is 0.753. The molecule has 3 unspecified atom stereocenters. The maximum atomic E-state index is 15.9. The van der Waals surface area contributed by atoms with E-state index in [0.29, 0.717) is 50.5 Å². The van der Waals surface area contributed by atoms with Crippen LogP contribution in [0.3, 0.4) is 0 Å². The van der Waals surface area contributed by atoms with E-state index in [1.54, 1.807) is 11.8 Å². The molecule has 3 aliphatic carbocycles. The molecule has 102 heavy (non-hydrogen) atoms. The monoisotopic (exact) mass is 1450 g/mol. The van der Waals surface area contributed by atoms with E-state index in [2.05, 4.69) is 16.0 Å². The van der Waals surface area contributed by atoms with E-state index in [0.717, 1.165) is 78.2 Å². The van der Waals surface area contributed by atoms with Crippen molar-refractivity contribution >= 4 is 82.5 Å². The second kappa shape index (κ2) is 35.1. The molecule has 0 radical (unpaired) electrons. The molecule has 4 aliphatic heterocycles. The van der Waals surface area contributed by atoms with Crippen LogP contribution in [0.4, 0.5) is 13.2 Å². The summed E-state index contributed by atoms with van der Waals surface area (Å²) >= 11 is 6.16. The summed E-state index contributed by atoms with van der Waals surface area (Å²) in [5.41, 5.74) is -2.33. The van der Waals surface area contributed by atoms with Gasteiger partial charge in [0, 0.05) is 55.9 Å². The molecule has 29 heteroatoms. The third kappa shape index (κ3) is 19.1. The number of nitrogens with zero attached hydrogens (tertiary/aromatic N) is 9. The first-order valence-electron chi connectivity index (χ1n) is 36.9. The first-order valence-corrected chi connectivity index (χ1v) is 37.3. The van der Waals surface area contributed by atoms with Crippen LogP contribution >= 0.6 is 11.6 Å². The number of amides is 12. The van der Waals surface area contributed by atoms with Gasteiger partial charge in [-0.05, 0) is 125 Å². The number of morpholine rings is 1. The number of benzene rings is 1. The Balaban J connectivity index is 1.17. The summed E-state index contributed by atoms with van der Waals surface area (Å²) < 4.78 is 47.5. The highest BCUT2D eigenvalue weighted by molar-refractivity contribution is 6.31. The number of likely N-dealkylation sites (N-methyl/N-ethyl adjacent to an activating group) is 7. The molecule has 1 aromatic carbocycles. The fourth-order valence-corrected chi connectivity index (χ4v) is 16.5. The SMILES string of the molecule is CC[C@H](C)[C@@H]1NC(=O)[C@H](CC(C)C)N(C)C(=O)C[C@@H](C(=O)N2C3CCC2COC3)N(C)C(=O)[C@H](C2CCCCC2)N(C)C(=O)C2(CCC2)NC(=O)C2CCCN2C(=O)[C@H](CCc2ccc(C(F)(F)F)c(Cl)c2)NC(=O)CN(C)C(=O)[C@H](CC2CCCCC2)N(C)C(=O)CN(C)C(=O)CN(C)C1=O. The molecule has 3 saturated carbocycles. The average molecular weight is 1460 g/mol. The van der Waals surface area contributed by atoms with Crippen LogP contribution in [-0.4, -0.2) is 264 Å². The lowest BCUT2D eigenvalue weighted by Crippen LogP contribution is -2.68. The van der Waals surface area contributed by atoms with Crippen molar-refractivity contribution in [2.75, 3.05) is 88.7 Å². The lowest BCUT2D eigenvalue weighted by molar-refractivity contribution is -0.160. The zero-order valence-electron chi connectivity index (χ0n) is 61.6. The summed E-state index contributed by atoms with van der Waals surface area (Å²) in [4.78, 5) is 192. The molecule has 2 bridgehead atoms. The van der Waals surface area contributed by atoms with Gasteiger partial charge in [0.2, 0.25) is 70.9 Å². The number of aryl methyl sites for hydroxylation is 1. The van der Waals surface area contributed by atoms with E-state index in [-0.39, 0.29) is 88.6 Å². The topological polar surface area (TPSA) is 279 Å². The molecule has 12 amide bonds. The van der Waals surface area contributed by atoms with Crippen LogP contribution in [0.5, 0.6) is 0 Å². The molecule has 0 aromatic heterocycles. The molecule has 25 nitrogen and oxygen atoms in total. The van der Waals surface area contributed by atoms with E-state index < -0.39 is 173 Å². The number of halogens is 4. The summed E-state index contributed by atoms with van der Waals surface area (Å²) in [7, 11) is 9.99. The van der Waals surface area contributed by atoms with Crippen molar-refractivity contribution in [3.63, 3.8) is 0 Å². The Morgan fingerprint density at radius 3 is 1.84 bits per heavy atom. The van der Waals surface area contributed by atoms with Crippen LogP contribution in [0.25, 0.3) is 0 Å². The van der Waals surface area contributed by atoms with E-state index in [4.69, 9.17) is 16.3 Å². The highest BCUT2D eigenvalue weighted by Crippen LogP contribution is 2.40. The van der Waals surface area contributed by atoms with E-state index in [1.165, 1.54) is 79.9 Å². The number of fused-ring (bicyclic) bond motifs is 3. The summed E-state index contributed by atoms with van der Waals surface area (Å²) in [5, 5.41) is 8.13. The van der Waals surface area contributed by atoms with Gasteiger partial charge in [-0.15, -0.1) is 0 Å². The number of carbonyl (C=O) groups excluding carboxylic acids is 12. The fourth-order valence-electron chi connectivity index (χ4n) is 16.2. The summed E-state index contributed by atoms with van der Waals surface area (Å²) in [6.07, 6.45) is 5.45. The van der Waals surface area contributed by atoms with E-state index in [9.17, 15) is 41.9 Å². The predicted octanol–water partition coefficient (Wildman–Crippen LogP) is 5.41. The summed E-state index contributed by atoms with van der Waals surface area (Å²) in [6, 6.07) is -6.32. The molecule has 4 heterocycles. The summed E-state index contributed by atoms with van der Waals surface area (Å²) in [6.45, 7) is 6.17. The van der Waals surface area contributed by atoms with E-state index >= 15 is 28.8 Å². The molecule has 1 aromatic rings.